The van der Waals surface area contributed by atoms with E-state index in [0.29, 0.717) is 23.6 Å². The SMILES string of the molecule is CCCCOC(=O)c1cc(N)cc(-c2c[nH+]c(NC3CC3)c(=O)n2CC(=O)O)c1. The van der Waals surface area contributed by atoms with Crippen LogP contribution in [0.2, 0.25) is 0 Å². The van der Waals surface area contributed by atoms with Crippen molar-refractivity contribution >= 4 is 23.4 Å². The number of carbonyl (C=O) groups excluding carboxylic acids is 1. The zero-order chi connectivity index (χ0) is 21.0. The number of ether oxygens (including phenoxy) is 1. The normalized spacial score (nSPS) is 13.1. The number of hydrogen-bond donors (Lipinski definition) is 3. The molecule has 3 rings (SSSR count). The van der Waals surface area contributed by atoms with Gasteiger partial charge in [0.15, 0.2) is 0 Å². The number of anilines is 2. The number of nitrogens with zero attached hydrogens (tertiary/aromatic N) is 1. The Morgan fingerprint density at radius 1 is 1.34 bits per heavy atom. The van der Waals surface area contributed by atoms with Gasteiger partial charge in [-0.1, -0.05) is 13.3 Å². The second kappa shape index (κ2) is 8.76. The van der Waals surface area contributed by atoms with Crippen LogP contribution in [0.15, 0.2) is 29.2 Å². The van der Waals surface area contributed by atoms with E-state index >= 15 is 0 Å². The molecule has 29 heavy (non-hydrogen) atoms. The Hall–Kier alpha value is -3.36. The fourth-order valence-electron chi connectivity index (χ4n) is 2.90. The molecule has 0 spiro atoms. The first-order valence-corrected chi connectivity index (χ1v) is 9.61. The molecule has 0 atom stereocenters. The van der Waals surface area contributed by atoms with Crippen LogP contribution in [0, 0.1) is 0 Å². The smallest absolute Gasteiger partial charge is 0.341 e. The van der Waals surface area contributed by atoms with Crippen molar-refractivity contribution in [1.29, 1.82) is 0 Å². The summed E-state index contributed by atoms with van der Waals surface area (Å²) in [5.74, 6) is -1.43. The molecule has 0 amide bonds. The fourth-order valence-corrected chi connectivity index (χ4v) is 2.90. The molecule has 1 aliphatic carbocycles. The van der Waals surface area contributed by atoms with E-state index in [-0.39, 0.29) is 17.4 Å². The maximum atomic E-state index is 12.8. The average Bonchev–Trinajstić information content (AvgIpc) is 3.48. The summed E-state index contributed by atoms with van der Waals surface area (Å²) in [7, 11) is 0. The number of carboxylic acid groups (broad SMARTS) is 1. The lowest BCUT2D eigenvalue weighted by atomic mass is 10.1. The van der Waals surface area contributed by atoms with E-state index < -0.39 is 24.0 Å². The van der Waals surface area contributed by atoms with Gasteiger partial charge in [-0.3, -0.25) is 19.5 Å². The van der Waals surface area contributed by atoms with Gasteiger partial charge in [-0.05, 0) is 37.5 Å². The van der Waals surface area contributed by atoms with E-state index in [1.165, 1.54) is 12.3 Å². The summed E-state index contributed by atoms with van der Waals surface area (Å²) in [6.45, 7) is 1.78. The average molecular weight is 401 g/mol. The van der Waals surface area contributed by atoms with Gasteiger partial charge >= 0.3 is 23.3 Å². The maximum absolute atomic E-state index is 12.8. The fraction of sp³-hybridized carbons (Fsp3) is 0.400. The Bertz CT molecular complexity index is 981. The number of H-pyrrole nitrogens is 1. The highest BCUT2D eigenvalue weighted by atomic mass is 16.5. The maximum Gasteiger partial charge on any atom is 0.341 e. The van der Waals surface area contributed by atoms with Gasteiger partial charge in [0.05, 0.1) is 23.9 Å². The number of nitrogens with two attached hydrogens (primary N) is 1. The molecule has 1 heterocycles. The van der Waals surface area contributed by atoms with E-state index in [9.17, 15) is 19.5 Å². The molecule has 0 aliphatic heterocycles. The number of aliphatic carboxylic acids is 1. The van der Waals surface area contributed by atoms with Gasteiger partial charge in [-0.25, -0.2) is 9.78 Å². The Balaban J connectivity index is 2.00. The Morgan fingerprint density at radius 3 is 2.76 bits per heavy atom. The molecule has 1 fully saturated rings. The Kier molecular flexibility index (Phi) is 6.16. The number of carboxylic acids is 1. The number of carbonyl (C=O) groups is 2. The molecule has 154 valence electrons. The number of esters is 1. The van der Waals surface area contributed by atoms with Gasteiger partial charge in [0, 0.05) is 11.3 Å². The molecule has 0 radical (unpaired) electrons. The van der Waals surface area contributed by atoms with Crippen LogP contribution in [0.3, 0.4) is 0 Å². The third kappa shape index (κ3) is 5.13. The molecule has 9 heteroatoms. The minimum Gasteiger partial charge on any atom is -0.480 e. The van der Waals surface area contributed by atoms with Gasteiger partial charge in [-0.2, -0.15) is 0 Å². The third-order valence-electron chi connectivity index (χ3n) is 4.54. The topological polar surface area (TPSA) is 138 Å². The molecule has 0 saturated heterocycles. The lowest BCUT2D eigenvalue weighted by Crippen LogP contribution is -2.34. The summed E-state index contributed by atoms with van der Waals surface area (Å²) < 4.78 is 6.37. The van der Waals surface area contributed by atoms with Crippen molar-refractivity contribution in [3.05, 3.63) is 40.3 Å². The number of nitrogens with one attached hydrogen (secondary N) is 2. The lowest BCUT2D eigenvalue weighted by Gasteiger charge is -2.12. The summed E-state index contributed by atoms with van der Waals surface area (Å²) in [5, 5.41) is 12.3. The monoisotopic (exact) mass is 401 g/mol. The van der Waals surface area contributed by atoms with Crippen LogP contribution in [0.1, 0.15) is 43.0 Å². The van der Waals surface area contributed by atoms with Crippen molar-refractivity contribution in [2.75, 3.05) is 17.7 Å². The molecule has 1 saturated carbocycles. The van der Waals surface area contributed by atoms with Crippen molar-refractivity contribution < 1.29 is 24.4 Å². The molecule has 1 aromatic carbocycles. The molecule has 1 aromatic heterocycles. The van der Waals surface area contributed by atoms with Crippen LogP contribution in [0.5, 0.6) is 0 Å². The van der Waals surface area contributed by atoms with Gasteiger partial charge in [-0.15, -0.1) is 0 Å². The van der Waals surface area contributed by atoms with Crippen molar-refractivity contribution in [3.8, 4) is 11.3 Å². The van der Waals surface area contributed by atoms with Gasteiger partial charge < -0.3 is 15.6 Å². The minimum atomic E-state index is -1.15. The first-order valence-electron chi connectivity index (χ1n) is 9.61. The van der Waals surface area contributed by atoms with Crippen LogP contribution in [-0.4, -0.2) is 34.3 Å². The third-order valence-corrected chi connectivity index (χ3v) is 4.54. The lowest BCUT2D eigenvalue weighted by molar-refractivity contribution is -0.362. The molecule has 1 aliphatic rings. The number of aromatic amines is 1. The van der Waals surface area contributed by atoms with Gasteiger partial charge in [0.1, 0.15) is 12.7 Å². The van der Waals surface area contributed by atoms with E-state index in [4.69, 9.17) is 10.5 Å². The highest BCUT2D eigenvalue weighted by molar-refractivity contribution is 5.92. The van der Waals surface area contributed by atoms with E-state index in [2.05, 4.69) is 10.3 Å². The summed E-state index contributed by atoms with van der Waals surface area (Å²) in [6, 6.07) is 4.83. The van der Waals surface area contributed by atoms with Crippen LogP contribution in [-0.2, 0) is 16.1 Å². The van der Waals surface area contributed by atoms with E-state index in [0.717, 1.165) is 30.3 Å². The highest BCUT2D eigenvalue weighted by Gasteiger charge is 2.29. The van der Waals surface area contributed by atoms with Crippen molar-refractivity contribution in [2.45, 2.75) is 45.2 Å². The molecule has 0 unspecified atom stereocenters. The van der Waals surface area contributed by atoms with Crippen LogP contribution in [0.25, 0.3) is 11.3 Å². The summed E-state index contributed by atoms with van der Waals surface area (Å²) in [4.78, 5) is 39.4. The zero-order valence-electron chi connectivity index (χ0n) is 16.2. The number of hydrogen-bond acceptors (Lipinski definition) is 6. The Morgan fingerprint density at radius 2 is 2.10 bits per heavy atom. The first-order chi connectivity index (χ1) is 13.9. The summed E-state index contributed by atoms with van der Waals surface area (Å²) >= 11 is 0. The van der Waals surface area contributed by atoms with Crippen molar-refractivity contribution in [3.63, 3.8) is 0 Å². The van der Waals surface area contributed by atoms with Gasteiger partial charge in [0.2, 0.25) is 0 Å². The summed E-state index contributed by atoms with van der Waals surface area (Å²) in [6.07, 6.45) is 5.12. The highest BCUT2D eigenvalue weighted by Crippen LogP contribution is 2.24. The standard InChI is InChI=1S/C20H24N4O5/c1-2-3-6-29-20(28)13-7-12(8-14(21)9-13)16-10-22-18(23-15-4-5-15)19(27)24(16)11-17(25)26/h7-10,15H,2-6,11,21H2,1H3,(H,22,23)(H,25,26)/p+1. The second-order valence-electron chi connectivity index (χ2n) is 7.09. The minimum absolute atomic E-state index is 0.222. The van der Waals surface area contributed by atoms with Crippen molar-refractivity contribution in [1.82, 2.24) is 4.57 Å². The number of benzene rings is 1. The van der Waals surface area contributed by atoms with Crippen LogP contribution < -0.4 is 21.6 Å². The number of rotatable bonds is 9. The molecule has 0 bridgehead atoms. The number of unbranched alkanes of at least 4 members (excludes halogenated alkanes) is 1. The number of nitrogen functional groups attached to an aromatic ring is 1. The van der Waals surface area contributed by atoms with Crippen molar-refractivity contribution in [2.24, 2.45) is 0 Å². The second-order valence-corrected chi connectivity index (χ2v) is 7.09. The quantitative estimate of drug-likeness (QED) is 0.329. The molecule has 5 N–H and O–H groups in total. The first kappa shape index (κ1) is 20.4. The predicted octanol–water partition coefficient (Wildman–Crippen LogP) is 1.53. The largest absolute Gasteiger partial charge is 0.480 e. The van der Waals surface area contributed by atoms with Crippen LogP contribution >= 0.6 is 0 Å². The molecular weight excluding hydrogens is 376 g/mol. The molecule has 9 nitrogen and oxygen atoms in total. The van der Waals surface area contributed by atoms with Gasteiger partial charge in [0.25, 0.3) is 0 Å². The summed E-state index contributed by atoms with van der Waals surface area (Å²) in [5.41, 5.74) is 6.77. The number of aromatic nitrogens is 2. The zero-order valence-corrected chi connectivity index (χ0v) is 16.2. The molecular formula is C20H25N4O5+. The Labute approximate surface area is 167 Å². The van der Waals surface area contributed by atoms with E-state index in [1.54, 1.807) is 12.1 Å². The van der Waals surface area contributed by atoms with Crippen LogP contribution in [0.4, 0.5) is 11.5 Å². The van der Waals surface area contributed by atoms with E-state index in [1.807, 2.05) is 6.92 Å². The predicted molar refractivity (Wildman–Crippen MR) is 107 cm³/mol. The molecule has 2 aromatic rings.